The minimum absolute atomic E-state index is 0.0451. The molecule has 3 aromatic rings. The lowest BCUT2D eigenvalue weighted by Crippen LogP contribution is -2.26. The topological polar surface area (TPSA) is 54.3 Å². The Morgan fingerprint density at radius 3 is 2.54 bits per heavy atom. The first-order chi connectivity index (χ1) is 12.5. The number of nitrogens with one attached hydrogen (secondary N) is 1. The highest BCUT2D eigenvalue weighted by atomic mass is 16.1. The van der Waals surface area contributed by atoms with Gasteiger partial charge in [-0.05, 0) is 50.8 Å². The summed E-state index contributed by atoms with van der Waals surface area (Å²) in [7, 11) is 3.95. The van der Waals surface area contributed by atoms with Gasteiger partial charge >= 0.3 is 0 Å². The standard InChI is InChI=1S/C21H23N3O2/c1-15-7-4-5-8-16(15)20(25)22-19-10-6-9-18-17(19)11-12-24(21(18)26)14-13-23(2)3/h4-12H,13-14H2,1-3H3,(H,22,25). The Morgan fingerprint density at radius 2 is 1.81 bits per heavy atom. The Bertz CT molecular complexity index is 1010. The number of amides is 1. The van der Waals surface area contributed by atoms with Crippen LogP contribution in [0, 0.1) is 6.92 Å². The van der Waals surface area contributed by atoms with Crippen LogP contribution in [0.15, 0.2) is 59.5 Å². The fourth-order valence-electron chi connectivity index (χ4n) is 2.93. The minimum Gasteiger partial charge on any atom is -0.321 e. The van der Waals surface area contributed by atoms with Crippen molar-refractivity contribution in [1.82, 2.24) is 9.47 Å². The zero-order valence-electron chi connectivity index (χ0n) is 15.3. The first-order valence-corrected chi connectivity index (χ1v) is 8.61. The van der Waals surface area contributed by atoms with Crippen LogP contribution in [0.1, 0.15) is 15.9 Å². The molecule has 0 fully saturated rings. The zero-order chi connectivity index (χ0) is 18.7. The summed E-state index contributed by atoms with van der Waals surface area (Å²) < 4.78 is 1.70. The van der Waals surface area contributed by atoms with E-state index in [2.05, 4.69) is 5.32 Å². The van der Waals surface area contributed by atoms with Gasteiger partial charge in [-0.25, -0.2) is 0 Å². The number of carbonyl (C=O) groups excluding carboxylic acids is 1. The summed E-state index contributed by atoms with van der Waals surface area (Å²) in [5.41, 5.74) is 2.14. The molecule has 1 N–H and O–H groups in total. The van der Waals surface area contributed by atoms with Gasteiger partial charge in [-0.3, -0.25) is 9.59 Å². The highest BCUT2D eigenvalue weighted by Crippen LogP contribution is 2.22. The zero-order valence-corrected chi connectivity index (χ0v) is 15.3. The lowest BCUT2D eigenvalue weighted by atomic mass is 10.1. The quantitative estimate of drug-likeness (QED) is 0.770. The van der Waals surface area contributed by atoms with Crippen molar-refractivity contribution in [2.75, 3.05) is 26.0 Å². The second-order valence-electron chi connectivity index (χ2n) is 6.65. The largest absolute Gasteiger partial charge is 0.321 e. The van der Waals surface area contributed by atoms with E-state index in [0.717, 1.165) is 17.5 Å². The minimum atomic E-state index is -0.174. The van der Waals surface area contributed by atoms with Gasteiger partial charge in [0.2, 0.25) is 0 Å². The molecular formula is C21H23N3O2. The van der Waals surface area contributed by atoms with Crippen LogP contribution in [0.3, 0.4) is 0 Å². The van der Waals surface area contributed by atoms with Gasteiger partial charge in [-0.15, -0.1) is 0 Å². The molecule has 0 aliphatic carbocycles. The van der Waals surface area contributed by atoms with Gasteiger partial charge in [0, 0.05) is 41.3 Å². The summed E-state index contributed by atoms with van der Waals surface area (Å²) in [5, 5.41) is 4.30. The van der Waals surface area contributed by atoms with Crippen molar-refractivity contribution < 1.29 is 4.79 Å². The van der Waals surface area contributed by atoms with Crippen molar-refractivity contribution in [3.8, 4) is 0 Å². The lowest BCUT2D eigenvalue weighted by molar-refractivity contribution is 0.102. The first-order valence-electron chi connectivity index (χ1n) is 8.61. The molecule has 0 saturated heterocycles. The molecule has 5 heteroatoms. The molecule has 0 radical (unpaired) electrons. The van der Waals surface area contributed by atoms with E-state index in [0.29, 0.717) is 23.2 Å². The second kappa shape index (κ2) is 7.54. The van der Waals surface area contributed by atoms with E-state index in [9.17, 15) is 9.59 Å². The summed E-state index contributed by atoms with van der Waals surface area (Å²) in [4.78, 5) is 27.4. The van der Waals surface area contributed by atoms with E-state index in [1.54, 1.807) is 29.0 Å². The highest BCUT2D eigenvalue weighted by Gasteiger charge is 2.12. The SMILES string of the molecule is Cc1ccccc1C(=O)Nc1cccc2c(=O)n(CCN(C)C)ccc12. The van der Waals surface area contributed by atoms with Crippen molar-refractivity contribution in [2.45, 2.75) is 13.5 Å². The molecule has 0 bridgehead atoms. The first kappa shape index (κ1) is 17.9. The molecular weight excluding hydrogens is 326 g/mol. The Labute approximate surface area is 152 Å². The van der Waals surface area contributed by atoms with Gasteiger partial charge in [0.05, 0.1) is 0 Å². The molecule has 1 amide bonds. The van der Waals surface area contributed by atoms with Crippen LogP contribution in [0.5, 0.6) is 0 Å². The number of anilines is 1. The number of carbonyl (C=O) groups is 1. The Kier molecular flexibility index (Phi) is 5.19. The van der Waals surface area contributed by atoms with Crippen LogP contribution in [-0.2, 0) is 6.54 Å². The van der Waals surface area contributed by atoms with Gasteiger partial charge < -0.3 is 14.8 Å². The van der Waals surface area contributed by atoms with Crippen LogP contribution in [0.25, 0.3) is 10.8 Å². The molecule has 0 spiro atoms. The average molecular weight is 349 g/mol. The number of likely N-dealkylation sites (N-methyl/N-ethyl adjacent to an activating group) is 1. The summed E-state index contributed by atoms with van der Waals surface area (Å²) >= 11 is 0. The number of hydrogen-bond donors (Lipinski definition) is 1. The van der Waals surface area contributed by atoms with Crippen molar-refractivity contribution >= 4 is 22.4 Å². The number of nitrogens with zero attached hydrogens (tertiary/aromatic N) is 2. The predicted octanol–water partition coefficient (Wildman–Crippen LogP) is 3.12. The maximum atomic E-state index is 12.7. The Balaban J connectivity index is 1.95. The van der Waals surface area contributed by atoms with Crippen molar-refractivity contribution in [3.05, 3.63) is 76.2 Å². The molecule has 3 rings (SSSR count). The van der Waals surface area contributed by atoms with Crippen LogP contribution < -0.4 is 10.9 Å². The van der Waals surface area contributed by atoms with E-state index >= 15 is 0 Å². The summed E-state index contributed by atoms with van der Waals surface area (Å²) in [6.45, 7) is 3.32. The molecule has 0 unspecified atom stereocenters. The van der Waals surface area contributed by atoms with E-state index in [1.165, 1.54) is 0 Å². The Morgan fingerprint density at radius 1 is 1.04 bits per heavy atom. The summed E-state index contributed by atoms with van der Waals surface area (Å²) in [6, 6.07) is 14.8. The number of hydrogen-bond acceptors (Lipinski definition) is 3. The molecule has 0 saturated carbocycles. The fraction of sp³-hybridized carbons (Fsp3) is 0.238. The third kappa shape index (κ3) is 3.68. The number of aromatic nitrogens is 1. The van der Waals surface area contributed by atoms with E-state index in [1.807, 2.05) is 56.3 Å². The summed E-state index contributed by atoms with van der Waals surface area (Å²) in [5.74, 6) is -0.174. The molecule has 2 aromatic carbocycles. The van der Waals surface area contributed by atoms with Crippen LogP contribution in [0.2, 0.25) is 0 Å². The fourth-order valence-corrected chi connectivity index (χ4v) is 2.93. The lowest BCUT2D eigenvalue weighted by Gasteiger charge is -2.14. The van der Waals surface area contributed by atoms with Crippen LogP contribution in [-0.4, -0.2) is 36.0 Å². The molecule has 1 heterocycles. The highest BCUT2D eigenvalue weighted by molar-refractivity contribution is 6.09. The van der Waals surface area contributed by atoms with Gasteiger partial charge in [-0.2, -0.15) is 0 Å². The van der Waals surface area contributed by atoms with Crippen LogP contribution >= 0.6 is 0 Å². The molecule has 0 aliphatic rings. The predicted molar refractivity (Wildman–Crippen MR) is 106 cm³/mol. The van der Waals surface area contributed by atoms with Gasteiger partial charge in [0.25, 0.3) is 11.5 Å². The average Bonchev–Trinajstić information content (AvgIpc) is 2.62. The number of benzene rings is 2. The van der Waals surface area contributed by atoms with Crippen molar-refractivity contribution in [2.24, 2.45) is 0 Å². The molecule has 134 valence electrons. The van der Waals surface area contributed by atoms with Gasteiger partial charge in [0.1, 0.15) is 0 Å². The normalized spacial score (nSPS) is 11.1. The molecule has 1 aromatic heterocycles. The molecule has 0 aliphatic heterocycles. The third-order valence-corrected chi connectivity index (χ3v) is 4.44. The maximum absolute atomic E-state index is 12.7. The molecule has 0 atom stereocenters. The van der Waals surface area contributed by atoms with E-state index < -0.39 is 0 Å². The van der Waals surface area contributed by atoms with E-state index in [-0.39, 0.29) is 11.5 Å². The van der Waals surface area contributed by atoms with Crippen molar-refractivity contribution in [3.63, 3.8) is 0 Å². The summed E-state index contributed by atoms with van der Waals surface area (Å²) in [6.07, 6.45) is 1.79. The third-order valence-electron chi connectivity index (χ3n) is 4.44. The van der Waals surface area contributed by atoms with Gasteiger partial charge in [-0.1, -0.05) is 24.3 Å². The van der Waals surface area contributed by atoms with E-state index in [4.69, 9.17) is 0 Å². The number of pyridine rings is 1. The van der Waals surface area contributed by atoms with Crippen molar-refractivity contribution in [1.29, 1.82) is 0 Å². The number of rotatable bonds is 5. The molecule has 26 heavy (non-hydrogen) atoms. The monoisotopic (exact) mass is 349 g/mol. The number of aryl methyl sites for hydroxylation is 1. The van der Waals surface area contributed by atoms with Crippen LogP contribution in [0.4, 0.5) is 5.69 Å². The Hall–Kier alpha value is -2.92. The second-order valence-corrected chi connectivity index (χ2v) is 6.65. The molecule has 5 nitrogen and oxygen atoms in total. The maximum Gasteiger partial charge on any atom is 0.258 e. The smallest absolute Gasteiger partial charge is 0.258 e. The number of fused-ring (bicyclic) bond motifs is 1. The van der Waals surface area contributed by atoms with Gasteiger partial charge in [0.15, 0.2) is 0 Å².